The Morgan fingerprint density at radius 3 is 2.60 bits per heavy atom. The van der Waals surface area contributed by atoms with Gasteiger partial charge in [0, 0.05) is 25.0 Å². The third kappa shape index (κ3) is 3.77. The Bertz CT molecular complexity index is 778. The summed E-state index contributed by atoms with van der Waals surface area (Å²) in [4.78, 5) is 29.4. The molecule has 5 rings (SSSR count). The molecular weight excluding hydrogens is 374 g/mol. The molecule has 5 heteroatoms. The molecule has 0 spiro atoms. The van der Waals surface area contributed by atoms with Crippen molar-refractivity contribution >= 4 is 11.8 Å². The number of likely N-dealkylation sites (tertiary alicyclic amines) is 1. The number of nitrogens with zero attached hydrogens (tertiary/aromatic N) is 1. The van der Waals surface area contributed by atoms with Crippen LogP contribution >= 0.6 is 0 Å². The van der Waals surface area contributed by atoms with Crippen LogP contribution in [0.2, 0.25) is 0 Å². The van der Waals surface area contributed by atoms with E-state index in [-0.39, 0.29) is 29.7 Å². The van der Waals surface area contributed by atoms with E-state index < -0.39 is 5.54 Å². The maximum absolute atomic E-state index is 13.6. The molecule has 3 aliphatic heterocycles. The number of benzene rings is 1. The minimum absolute atomic E-state index is 0.00554. The summed E-state index contributed by atoms with van der Waals surface area (Å²) in [7, 11) is 0. The van der Waals surface area contributed by atoms with E-state index >= 15 is 0 Å². The predicted molar refractivity (Wildman–Crippen MR) is 119 cm³/mol. The van der Waals surface area contributed by atoms with Crippen LogP contribution in [0.3, 0.4) is 0 Å². The normalized spacial score (nSPS) is 33.1. The minimum Gasteiger partial charge on any atom is -0.354 e. The highest BCUT2D eigenvalue weighted by molar-refractivity contribution is 5.96. The number of nitrogens with one attached hydrogen (secondary N) is 2. The van der Waals surface area contributed by atoms with Gasteiger partial charge >= 0.3 is 0 Å². The van der Waals surface area contributed by atoms with Crippen molar-refractivity contribution in [2.45, 2.75) is 58.5 Å². The van der Waals surface area contributed by atoms with Crippen LogP contribution in [0.4, 0.5) is 0 Å². The number of rotatable bonds is 7. The fraction of sp³-hybridized carbons (Fsp3) is 0.680. The summed E-state index contributed by atoms with van der Waals surface area (Å²) >= 11 is 0. The molecule has 2 amide bonds. The lowest BCUT2D eigenvalue weighted by Crippen LogP contribution is -2.80. The van der Waals surface area contributed by atoms with Crippen LogP contribution in [0.15, 0.2) is 30.3 Å². The second kappa shape index (κ2) is 8.33. The average Bonchev–Trinajstić information content (AvgIpc) is 2.70. The van der Waals surface area contributed by atoms with Gasteiger partial charge in [0.1, 0.15) is 5.54 Å². The molecule has 164 valence electrons. The first-order valence-electron chi connectivity index (χ1n) is 11.7. The van der Waals surface area contributed by atoms with Crippen molar-refractivity contribution < 1.29 is 9.59 Å². The first kappa shape index (κ1) is 21.4. The SMILES string of the molecule is CC(C)CNC(=O)C12CC3CCN(CC(C)C)C(C3C(=O)N1)C2Cc1ccccc1. The monoisotopic (exact) mass is 411 g/mol. The van der Waals surface area contributed by atoms with Crippen LogP contribution in [-0.2, 0) is 16.0 Å². The molecule has 0 radical (unpaired) electrons. The summed E-state index contributed by atoms with van der Waals surface area (Å²) in [5.41, 5.74) is 0.439. The number of fused-ring (bicyclic) bond motifs is 1. The lowest BCUT2D eigenvalue weighted by molar-refractivity contribution is -0.171. The third-order valence-corrected chi connectivity index (χ3v) is 7.34. The van der Waals surface area contributed by atoms with Crippen molar-refractivity contribution in [3.05, 3.63) is 35.9 Å². The highest BCUT2D eigenvalue weighted by atomic mass is 16.2. The minimum atomic E-state index is -0.804. The Morgan fingerprint density at radius 1 is 1.20 bits per heavy atom. The first-order chi connectivity index (χ1) is 14.3. The van der Waals surface area contributed by atoms with Crippen molar-refractivity contribution in [3.63, 3.8) is 0 Å². The zero-order valence-corrected chi connectivity index (χ0v) is 18.9. The number of carbonyl (C=O) groups is 2. The quantitative estimate of drug-likeness (QED) is 0.725. The van der Waals surface area contributed by atoms with Gasteiger partial charge < -0.3 is 10.6 Å². The van der Waals surface area contributed by atoms with E-state index in [9.17, 15) is 9.59 Å². The van der Waals surface area contributed by atoms with Gasteiger partial charge in [-0.3, -0.25) is 14.5 Å². The number of hydrogen-bond donors (Lipinski definition) is 2. The average molecular weight is 412 g/mol. The second-order valence-electron chi connectivity index (χ2n) is 10.5. The van der Waals surface area contributed by atoms with Gasteiger partial charge in [-0.15, -0.1) is 0 Å². The number of hydrogen-bond acceptors (Lipinski definition) is 3. The van der Waals surface area contributed by atoms with E-state index in [2.05, 4.69) is 67.5 Å². The van der Waals surface area contributed by atoms with Gasteiger partial charge in [0.05, 0.1) is 5.92 Å². The molecule has 4 bridgehead atoms. The highest BCUT2D eigenvalue weighted by Gasteiger charge is 2.66. The molecule has 1 aromatic rings. The van der Waals surface area contributed by atoms with Crippen molar-refractivity contribution in [1.29, 1.82) is 0 Å². The molecule has 5 nitrogen and oxygen atoms in total. The molecule has 5 unspecified atom stereocenters. The number of amides is 2. The maximum atomic E-state index is 13.6. The van der Waals surface area contributed by atoms with Gasteiger partial charge in [-0.2, -0.15) is 0 Å². The van der Waals surface area contributed by atoms with Crippen molar-refractivity contribution in [1.82, 2.24) is 15.5 Å². The fourth-order valence-electron chi connectivity index (χ4n) is 6.19. The van der Waals surface area contributed by atoms with E-state index in [1.165, 1.54) is 5.56 Å². The van der Waals surface area contributed by atoms with Crippen LogP contribution in [0.5, 0.6) is 0 Å². The van der Waals surface area contributed by atoms with Gasteiger partial charge in [0.25, 0.3) is 0 Å². The molecule has 5 atom stereocenters. The molecule has 3 heterocycles. The van der Waals surface area contributed by atoms with Crippen molar-refractivity contribution in [3.8, 4) is 0 Å². The van der Waals surface area contributed by atoms with Crippen LogP contribution < -0.4 is 10.6 Å². The molecule has 4 aliphatic rings. The first-order valence-corrected chi connectivity index (χ1v) is 11.7. The number of carbonyl (C=O) groups excluding carboxylic acids is 2. The van der Waals surface area contributed by atoms with Crippen molar-refractivity contribution in [2.75, 3.05) is 19.6 Å². The van der Waals surface area contributed by atoms with E-state index in [1.54, 1.807) is 0 Å². The summed E-state index contributed by atoms with van der Waals surface area (Å²) in [6.07, 6.45) is 2.61. The van der Waals surface area contributed by atoms with E-state index in [0.717, 1.165) is 32.4 Å². The second-order valence-corrected chi connectivity index (χ2v) is 10.5. The zero-order valence-electron chi connectivity index (χ0n) is 18.9. The molecule has 1 saturated carbocycles. The summed E-state index contributed by atoms with van der Waals surface area (Å²) in [6, 6.07) is 10.6. The van der Waals surface area contributed by atoms with Gasteiger partial charge in [0.2, 0.25) is 11.8 Å². The summed E-state index contributed by atoms with van der Waals surface area (Å²) in [5, 5.41) is 6.43. The Morgan fingerprint density at radius 2 is 1.93 bits per heavy atom. The standard InChI is InChI=1S/C25H37N3O2/c1-16(2)14-26-24(30)25-13-19-10-11-28(15-17(3)4)22(21(19)23(29)27-25)20(25)12-18-8-6-5-7-9-18/h5-9,16-17,19-22H,10-15H2,1-4H3,(H,26,30)(H,27,29). The molecule has 1 aromatic carbocycles. The summed E-state index contributed by atoms with van der Waals surface area (Å²) in [6.45, 7) is 11.4. The van der Waals surface area contributed by atoms with E-state index in [4.69, 9.17) is 0 Å². The Kier molecular flexibility index (Phi) is 5.93. The molecular formula is C25H37N3O2. The Hall–Kier alpha value is -1.88. The lowest BCUT2D eigenvalue weighted by atomic mass is 9.53. The molecule has 1 aliphatic carbocycles. The number of piperidine rings is 3. The Labute approximate surface area is 181 Å². The lowest BCUT2D eigenvalue weighted by Gasteiger charge is -2.63. The van der Waals surface area contributed by atoms with Gasteiger partial charge in [0.15, 0.2) is 0 Å². The molecule has 0 aromatic heterocycles. The van der Waals surface area contributed by atoms with Crippen LogP contribution in [-0.4, -0.2) is 47.9 Å². The summed E-state index contributed by atoms with van der Waals surface area (Å²) < 4.78 is 0. The van der Waals surface area contributed by atoms with Crippen LogP contribution in [0.25, 0.3) is 0 Å². The van der Waals surface area contributed by atoms with Gasteiger partial charge in [-0.25, -0.2) is 0 Å². The Balaban J connectivity index is 1.73. The van der Waals surface area contributed by atoms with Crippen molar-refractivity contribution in [2.24, 2.45) is 29.6 Å². The van der Waals surface area contributed by atoms with E-state index in [0.29, 0.717) is 24.3 Å². The molecule has 30 heavy (non-hydrogen) atoms. The fourth-order valence-corrected chi connectivity index (χ4v) is 6.19. The highest BCUT2D eigenvalue weighted by Crippen LogP contribution is 2.52. The van der Waals surface area contributed by atoms with Crippen LogP contribution in [0.1, 0.15) is 46.1 Å². The molecule has 3 saturated heterocycles. The maximum Gasteiger partial charge on any atom is 0.246 e. The largest absolute Gasteiger partial charge is 0.354 e. The predicted octanol–water partition coefficient (Wildman–Crippen LogP) is 2.85. The molecule has 4 fully saturated rings. The molecule has 2 N–H and O–H groups in total. The third-order valence-electron chi connectivity index (χ3n) is 7.34. The summed E-state index contributed by atoms with van der Waals surface area (Å²) in [5.74, 6) is 1.43. The van der Waals surface area contributed by atoms with Crippen LogP contribution in [0, 0.1) is 29.6 Å². The zero-order chi connectivity index (χ0) is 21.5. The van der Waals surface area contributed by atoms with Gasteiger partial charge in [-0.1, -0.05) is 58.0 Å². The topological polar surface area (TPSA) is 61.4 Å². The van der Waals surface area contributed by atoms with E-state index in [1.807, 2.05) is 6.07 Å². The van der Waals surface area contributed by atoms with Gasteiger partial charge in [-0.05, 0) is 49.1 Å². The smallest absolute Gasteiger partial charge is 0.246 e.